The number of benzene rings is 3. The fraction of sp³-hybridized carbons (Fsp3) is 0.290. The van der Waals surface area contributed by atoms with E-state index in [4.69, 9.17) is 0 Å². The van der Waals surface area contributed by atoms with Crippen molar-refractivity contribution in [2.75, 3.05) is 0 Å². The van der Waals surface area contributed by atoms with Crippen molar-refractivity contribution >= 4 is 34.5 Å². The Morgan fingerprint density at radius 3 is 2.20 bits per heavy atom. The van der Waals surface area contributed by atoms with Gasteiger partial charge in [-0.25, -0.2) is 0 Å². The zero-order valence-corrected chi connectivity index (χ0v) is 22.1. The van der Waals surface area contributed by atoms with Crippen LogP contribution in [0.3, 0.4) is 0 Å². The van der Waals surface area contributed by atoms with Crippen molar-refractivity contribution in [1.82, 2.24) is 10.3 Å². The molecule has 9 heteroatoms. The van der Waals surface area contributed by atoms with Gasteiger partial charge in [0.05, 0.1) is 16.5 Å². The smallest absolute Gasteiger partial charge is 0.416 e. The molecule has 40 heavy (non-hydrogen) atoms. The van der Waals surface area contributed by atoms with E-state index in [1.54, 1.807) is 6.20 Å². The predicted molar refractivity (Wildman–Crippen MR) is 145 cm³/mol. The van der Waals surface area contributed by atoms with Gasteiger partial charge in [-0.3, -0.25) is 9.59 Å². The Morgan fingerprint density at radius 2 is 1.60 bits per heavy atom. The third-order valence-electron chi connectivity index (χ3n) is 9.14. The van der Waals surface area contributed by atoms with E-state index in [1.165, 1.54) is 23.9 Å². The summed E-state index contributed by atoms with van der Waals surface area (Å²) in [7, 11) is 0. The number of aromatic amines is 1. The predicted octanol–water partition coefficient (Wildman–Crippen LogP) is 7.52. The molecule has 1 heterocycles. The van der Waals surface area contributed by atoms with E-state index in [0.29, 0.717) is 35.1 Å². The average Bonchev–Trinajstić information content (AvgIpc) is 3.52. The highest BCUT2D eigenvalue weighted by Crippen LogP contribution is 2.81. The van der Waals surface area contributed by atoms with Crippen LogP contribution >= 0.6 is 11.8 Å². The number of alkyl halides is 3. The summed E-state index contributed by atoms with van der Waals surface area (Å²) in [5.74, 6) is -0.961. The number of carbonyl (C=O) groups is 2. The highest BCUT2D eigenvalue weighted by atomic mass is 32.2. The van der Waals surface area contributed by atoms with Crippen molar-refractivity contribution in [3.63, 3.8) is 0 Å². The van der Waals surface area contributed by atoms with Crippen molar-refractivity contribution in [3.8, 4) is 11.1 Å². The molecule has 2 bridgehead atoms. The van der Waals surface area contributed by atoms with Crippen LogP contribution in [0.1, 0.15) is 48.0 Å². The quantitative estimate of drug-likeness (QED) is 0.218. The fourth-order valence-corrected chi connectivity index (χ4v) is 7.86. The fourth-order valence-electron chi connectivity index (χ4n) is 6.91. The van der Waals surface area contributed by atoms with Gasteiger partial charge in [0, 0.05) is 38.0 Å². The molecule has 3 aromatic carbocycles. The first kappa shape index (κ1) is 25.3. The van der Waals surface area contributed by atoms with Gasteiger partial charge in [-0.05, 0) is 73.4 Å². The molecule has 4 saturated carbocycles. The molecule has 0 aliphatic heterocycles. The van der Waals surface area contributed by atoms with E-state index >= 15 is 0 Å². The molecule has 4 aromatic rings. The summed E-state index contributed by atoms with van der Waals surface area (Å²) in [5, 5.41) is 13.6. The van der Waals surface area contributed by atoms with Crippen molar-refractivity contribution in [3.05, 3.63) is 84.1 Å². The van der Waals surface area contributed by atoms with Gasteiger partial charge in [-0.2, -0.15) is 13.2 Å². The second-order valence-electron chi connectivity index (χ2n) is 11.5. The Hall–Kier alpha value is -3.72. The first-order chi connectivity index (χ1) is 19.0. The lowest BCUT2D eigenvalue weighted by Gasteiger charge is -2.71. The van der Waals surface area contributed by atoms with Gasteiger partial charge in [-0.15, -0.1) is 0 Å². The molecule has 4 fully saturated rings. The number of hydrogen-bond donors (Lipinski definition) is 3. The minimum Gasteiger partial charge on any atom is -0.481 e. The minimum absolute atomic E-state index is 0.139. The Bertz CT molecular complexity index is 1650. The number of halogens is 3. The maximum atomic E-state index is 13.9. The van der Waals surface area contributed by atoms with Crippen molar-refractivity contribution in [2.24, 2.45) is 10.8 Å². The number of H-pyrrole nitrogens is 1. The van der Waals surface area contributed by atoms with Crippen molar-refractivity contribution < 1.29 is 27.9 Å². The Morgan fingerprint density at radius 1 is 0.925 bits per heavy atom. The Balaban J connectivity index is 1.24. The van der Waals surface area contributed by atoms with Gasteiger partial charge in [0.15, 0.2) is 0 Å². The largest absolute Gasteiger partial charge is 0.481 e. The number of carbonyl (C=O) groups excluding carboxylic acids is 1. The zero-order valence-electron chi connectivity index (χ0n) is 21.3. The summed E-state index contributed by atoms with van der Waals surface area (Å²) in [5.41, 5.74) is 1.30. The SMILES string of the molecule is O=C(NC1(C23CC(C(=O)O)(C2)C3)CC1)c1ccc(-c2ccccc2)c2[nH]cc(Sc3ccc(C(F)(F)F)cc3)c12. The number of aliphatic carboxylic acids is 1. The Kier molecular flexibility index (Phi) is 5.30. The summed E-state index contributed by atoms with van der Waals surface area (Å²) in [6, 6.07) is 18.5. The monoisotopic (exact) mass is 562 g/mol. The molecule has 0 radical (unpaired) electrons. The maximum Gasteiger partial charge on any atom is 0.416 e. The first-order valence-corrected chi connectivity index (χ1v) is 14.0. The topological polar surface area (TPSA) is 82.2 Å². The van der Waals surface area contributed by atoms with Crippen LogP contribution in [-0.2, 0) is 11.0 Å². The molecule has 204 valence electrons. The molecule has 0 atom stereocenters. The lowest BCUT2D eigenvalue weighted by Crippen LogP contribution is -2.73. The van der Waals surface area contributed by atoms with E-state index in [9.17, 15) is 27.9 Å². The zero-order chi connectivity index (χ0) is 27.9. The third-order valence-corrected chi connectivity index (χ3v) is 10.2. The van der Waals surface area contributed by atoms with Crippen LogP contribution in [0.4, 0.5) is 13.2 Å². The van der Waals surface area contributed by atoms with E-state index in [0.717, 1.165) is 46.5 Å². The highest BCUT2D eigenvalue weighted by Gasteiger charge is 2.81. The van der Waals surface area contributed by atoms with Gasteiger partial charge in [0.25, 0.3) is 5.91 Å². The second-order valence-corrected chi connectivity index (χ2v) is 12.6. The number of aromatic nitrogens is 1. The van der Waals surface area contributed by atoms with E-state index in [-0.39, 0.29) is 16.9 Å². The van der Waals surface area contributed by atoms with E-state index < -0.39 is 23.1 Å². The molecule has 4 aliphatic carbocycles. The molecule has 3 N–H and O–H groups in total. The molecular weight excluding hydrogens is 537 g/mol. The lowest BCUT2D eigenvalue weighted by atomic mass is 9.32. The van der Waals surface area contributed by atoms with Crippen LogP contribution in [0.25, 0.3) is 22.0 Å². The van der Waals surface area contributed by atoms with Crippen LogP contribution in [-0.4, -0.2) is 27.5 Å². The van der Waals surface area contributed by atoms with Crippen LogP contribution in [0.5, 0.6) is 0 Å². The summed E-state index contributed by atoms with van der Waals surface area (Å²) >= 11 is 1.30. The van der Waals surface area contributed by atoms with Gasteiger partial charge >= 0.3 is 12.1 Å². The van der Waals surface area contributed by atoms with Crippen LogP contribution in [0, 0.1) is 10.8 Å². The first-order valence-electron chi connectivity index (χ1n) is 13.2. The molecule has 8 rings (SSSR count). The van der Waals surface area contributed by atoms with Crippen LogP contribution in [0.2, 0.25) is 0 Å². The molecule has 0 saturated heterocycles. The van der Waals surface area contributed by atoms with Crippen molar-refractivity contribution in [1.29, 1.82) is 0 Å². The summed E-state index contributed by atoms with van der Waals surface area (Å²) in [4.78, 5) is 30.2. The van der Waals surface area contributed by atoms with E-state index in [1.807, 2.05) is 42.5 Å². The average molecular weight is 563 g/mol. The maximum absolute atomic E-state index is 13.9. The van der Waals surface area contributed by atoms with Gasteiger partial charge < -0.3 is 15.4 Å². The van der Waals surface area contributed by atoms with Crippen LogP contribution in [0.15, 0.2) is 82.7 Å². The molecule has 1 aromatic heterocycles. The highest BCUT2D eigenvalue weighted by molar-refractivity contribution is 7.99. The van der Waals surface area contributed by atoms with Crippen molar-refractivity contribution in [2.45, 2.75) is 53.6 Å². The number of nitrogens with one attached hydrogen (secondary N) is 2. The molecule has 0 spiro atoms. The van der Waals surface area contributed by atoms with Gasteiger partial charge in [0.2, 0.25) is 0 Å². The summed E-state index contributed by atoms with van der Waals surface area (Å²) in [6.45, 7) is 0. The van der Waals surface area contributed by atoms with Gasteiger partial charge in [0.1, 0.15) is 0 Å². The number of amides is 1. The second kappa shape index (κ2) is 8.39. The number of rotatable bonds is 7. The number of carboxylic acid groups (broad SMARTS) is 1. The molecule has 1 amide bonds. The van der Waals surface area contributed by atoms with Gasteiger partial charge in [-0.1, -0.05) is 48.2 Å². The molecule has 5 nitrogen and oxygen atoms in total. The standard InChI is InChI=1S/C31H25F3N2O3S/c32-31(33,34)19-6-8-20(9-7-19)40-23-14-35-25-21(18-4-2-1-3-5-18)10-11-22(24(23)25)26(37)36-30(12-13-30)29-15-28(16-29,17-29)27(38)39/h1-11,14,35H,12-13,15-17H2,(H,36,37)(H,38,39). The Labute approximate surface area is 232 Å². The molecule has 4 aliphatic rings. The summed E-state index contributed by atoms with van der Waals surface area (Å²) in [6.07, 6.45) is 0.870. The van der Waals surface area contributed by atoms with Crippen LogP contribution < -0.4 is 5.32 Å². The number of fused-ring (bicyclic) bond motifs is 1. The normalized spacial score (nSPS) is 24.2. The molecular formula is C31H25F3N2O3S. The number of hydrogen-bond acceptors (Lipinski definition) is 3. The van der Waals surface area contributed by atoms with E-state index in [2.05, 4.69) is 10.3 Å². The lowest BCUT2D eigenvalue weighted by molar-refractivity contribution is -0.236. The third kappa shape index (κ3) is 3.70. The number of carboxylic acids is 1. The molecule has 0 unspecified atom stereocenters. The minimum atomic E-state index is -4.41. The summed E-state index contributed by atoms with van der Waals surface area (Å²) < 4.78 is 39.3.